The normalized spacial score (nSPS) is 24.9. The predicted octanol–water partition coefficient (Wildman–Crippen LogP) is 5.72. The van der Waals surface area contributed by atoms with E-state index in [-0.39, 0.29) is 6.04 Å². The highest BCUT2D eigenvalue weighted by atomic mass is 35.5. The molecule has 118 valence electrons. The lowest BCUT2D eigenvalue weighted by Gasteiger charge is -2.38. The molecule has 1 unspecified atom stereocenters. The van der Waals surface area contributed by atoms with Crippen LogP contribution in [0.15, 0.2) is 18.2 Å². The highest BCUT2D eigenvalue weighted by molar-refractivity contribution is 6.33. The van der Waals surface area contributed by atoms with E-state index in [9.17, 15) is 0 Å². The summed E-state index contributed by atoms with van der Waals surface area (Å²) in [6, 6.07) is 5.82. The van der Waals surface area contributed by atoms with Gasteiger partial charge in [-0.25, -0.2) is 0 Å². The first-order chi connectivity index (χ1) is 9.77. The Morgan fingerprint density at radius 1 is 1.14 bits per heavy atom. The van der Waals surface area contributed by atoms with Crippen molar-refractivity contribution >= 4 is 23.2 Å². The standard InChI is InChI=1S/C18H27Cl2N/c1-18(2,3)14-6-4-12(5-7-14)17(21)11-13-10-15(19)8-9-16(13)20/h8-10,12,14,17H,4-7,11,21H2,1-3H3. The summed E-state index contributed by atoms with van der Waals surface area (Å²) in [7, 11) is 0. The summed E-state index contributed by atoms with van der Waals surface area (Å²) in [5.74, 6) is 1.44. The Morgan fingerprint density at radius 3 is 2.33 bits per heavy atom. The van der Waals surface area contributed by atoms with Gasteiger partial charge in [0.2, 0.25) is 0 Å². The number of hydrogen-bond acceptors (Lipinski definition) is 1. The fourth-order valence-electron chi connectivity index (χ4n) is 3.53. The highest BCUT2D eigenvalue weighted by Crippen LogP contribution is 2.41. The van der Waals surface area contributed by atoms with Gasteiger partial charge in [0.25, 0.3) is 0 Å². The van der Waals surface area contributed by atoms with Crippen LogP contribution >= 0.6 is 23.2 Å². The maximum atomic E-state index is 6.45. The molecule has 1 aromatic carbocycles. The minimum absolute atomic E-state index is 0.182. The molecule has 0 bridgehead atoms. The molecule has 3 heteroatoms. The lowest BCUT2D eigenvalue weighted by molar-refractivity contribution is 0.139. The summed E-state index contributed by atoms with van der Waals surface area (Å²) >= 11 is 12.3. The number of rotatable bonds is 3. The third-order valence-electron chi connectivity index (χ3n) is 5.07. The molecule has 0 aromatic heterocycles. The molecule has 0 aliphatic heterocycles. The molecule has 1 aliphatic rings. The van der Waals surface area contributed by atoms with Gasteiger partial charge in [-0.2, -0.15) is 0 Å². The van der Waals surface area contributed by atoms with Gasteiger partial charge in [-0.3, -0.25) is 0 Å². The van der Waals surface area contributed by atoms with Crippen molar-refractivity contribution in [3.05, 3.63) is 33.8 Å². The second-order valence-electron chi connectivity index (χ2n) is 7.58. The topological polar surface area (TPSA) is 26.0 Å². The third-order valence-corrected chi connectivity index (χ3v) is 5.67. The van der Waals surface area contributed by atoms with Gasteiger partial charge in [0.15, 0.2) is 0 Å². The molecule has 1 aliphatic carbocycles. The lowest BCUT2D eigenvalue weighted by atomic mass is 9.68. The highest BCUT2D eigenvalue weighted by Gasteiger charge is 2.31. The smallest absolute Gasteiger partial charge is 0.0439 e. The van der Waals surface area contributed by atoms with Crippen LogP contribution < -0.4 is 5.73 Å². The monoisotopic (exact) mass is 327 g/mol. The van der Waals surface area contributed by atoms with E-state index in [0.717, 1.165) is 27.9 Å². The molecular weight excluding hydrogens is 301 g/mol. The van der Waals surface area contributed by atoms with E-state index in [1.54, 1.807) is 0 Å². The van der Waals surface area contributed by atoms with Crippen molar-refractivity contribution in [1.29, 1.82) is 0 Å². The molecular formula is C18H27Cl2N. The van der Waals surface area contributed by atoms with E-state index >= 15 is 0 Å². The predicted molar refractivity (Wildman–Crippen MR) is 93.0 cm³/mol. The molecule has 1 nitrogen and oxygen atoms in total. The molecule has 0 heterocycles. The van der Waals surface area contributed by atoms with Crippen LogP contribution in [0, 0.1) is 17.3 Å². The van der Waals surface area contributed by atoms with Gasteiger partial charge in [-0.05, 0) is 73.1 Å². The van der Waals surface area contributed by atoms with Crippen molar-refractivity contribution < 1.29 is 0 Å². The summed E-state index contributed by atoms with van der Waals surface area (Å²) in [5, 5.41) is 1.51. The van der Waals surface area contributed by atoms with E-state index in [2.05, 4.69) is 20.8 Å². The Balaban J connectivity index is 1.93. The van der Waals surface area contributed by atoms with Crippen molar-refractivity contribution in [3.8, 4) is 0 Å². The first-order valence-electron chi connectivity index (χ1n) is 7.97. The summed E-state index contributed by atoms with van der Waals surface area (Å²) in [5.41, 5.74) is 7.95. The SMILES string of the molecule is CC(C)(C)C1CCC(C(N)Cc2cc(Cl)ccc2Cl)CC1. The number of halogens is 2. The van der Waals surface area contributed by atoms with Gasteiger partial charge >= 0.3 is 0 Å². The average molecular weight is 328 g/mol. The zero-order valence-corrected chi connectivity index (χ0v) is 14.8. The number of nitrogens with two attached hydrogens (primary N) is 1. The average Bonchev–Trinajstić information content (AvgIpc) is 2.42. The van der Waals surface area contributed by atoms with Crippen LogP contribution in [0.2, 0.25) is 10.0 Å². The molecule has 1 atom stereocenters. The fraction of sp³-hybridized carbons (Fsp3) is 0.667. The number of hydrogen-bond donors (Lipinski definition) is 1. The van der Waals surface area contributed by atoms with Crippen molar-refractivity contribution in [2.75, 3.05) is 0 Å². The molecule has 1 aromatic rings. The van der Waals surface area contributed by atoms with Gasteiger partial charge < -0.3 is 5.73 Å². The van der Waals surface area contributed by atoms with Crippen LogP contribution in [0.4, 0.5) is 0 Å². The third kappa shape index (κ3) is 4.61. The Morgan fingerprint density at radius 2 is 1.76 bits per heavy atom. The maximum absolute atomic E-state index is 6.45. The first kappa shape index (κ1) is 17.1. The van der Waals surface area contributed by atoms with Gasteiger partial charge in [-0.1, -0.05) is 44.0 Å². The summed E-state index contributed by atoms with van der Waals surface area (Å²) in [4.78, 5) is 0. The Kier molecular flexibility index (Phi) is 5.62. The summed E-state index contributed by atoms with van der Waals surface area (Å²) in [6.07, 6.45) is 5.89. The van der Waals surface area contributed by atoms with Crippen LogP contribution in [0.25, 0.3) is 0 Å². The van der Waals surface area contributed by atoms with Gasteiger partial charge in [-0.15, -0.1) is 0 Å². The minimum atomic E-state index is 0.182. The molecule has 2 N–H and O–H groups in total. The van der Waals surface area contributed by atoms with Crippen LogP contribution in [0.3, 0.4) is 0 Å². The van der Waals surface area contributed by atoms with Crippen molar-refractivity contribution in [2.24, 2.45) is 23.0 Å². The van der Waals surface area contributed by atoms with Gasteiger partial charge in [0.1, 0.15) is 0 Å². The largest absolute Gasteiger partial charge is 0.327 e. The molecule has 0 amide bonds. The van der Waals surface area contributed by atoms with Crippen molar-refractivity contribution in [1.82, 2.24) is 0 Å². The Labute approximate surface area is 139 Å². The second kappa shape index (κ2) is 6.89. The second-order valence-corrected chi connectivity index (χ2v) is 8.43. The molecule has 2 rings (SSSR count). The zero-order chi connectivity index (χ0) is 15.6. The van der Waals surface area contributed by atoms with Crippen LogP contribution in [-0.4, -0.2) is 6.04 Å². The summed E-state index contributed by atoms with van der Waals surface area (Å²) < 4.78 is 0. The van der Waals surface area contributed by atoms with Gasteiger partial charge in [0, 0.05) is 16.1 Å². The maximum Gasteiger partial charge on any atom is 0.0439 e. The van der Waals surface area contributed by atoms with E-state index in [4.69, 9.17) is 28.9 Å². The molecule has 1 fully saturated rings. The Hall–Kier alpha value is -0.240. The van der Waals surface area contributed by atoms with Crippen LogP contribution in [0.5, 0.6) is 0 Å². The van der Waals surface area contributed by atoms with Crippen LogP contribution in [0.1, 0.15) is 52.0 Å². The molecule has 0 spiro atoms. The van der Waals surface area contributed by atoms with E-state index in [1.165, 1.54) is 25.7 Å². The molecule has 1 saturated carbocycles. The lowest BCUT2D eigenvalue weighted by Crippen LogP contribution is -2.37. The van der Waals surface area contributed by atoms with Gasteiger partial charge in [0.05, 0.1) is 0 Å². The van der Waals surface area contributed by atoms with E-state index < -0.39 is 0 Å². The van der Waals surface area contributed by atoms with E-state index in [1.807, 2.05) is 18.2 Å². The van der Waals surface area contributed by atoms with Crippen LogP contribution in [-0.2, 0) is 6.42 Å². The quantitative estimate of drug-likeness (QED) is 0.755. The molecule has 0 radical (unpaired) electrons. The minimum Gasteiger partial charge on any atom is -0.327 e. The first-order valence-corrected chi connectivity index (χ1v) is 8.72. The number of benzene rings is 1. The van der Waals surface area contributed by atoms with Crippen molar-refractivity contribution in [2.45, 2.75) is 58.9 Å². The van der Waals surface area contributed by atoms with E-state index in [0.29, 0.717) is 11.3 Å². The summed E-state index contributed by atoms with van der Waals surface area (Å²) in [6.45, 7) is 7.05. The van der Waals surface area contributed by atoms with Crippen molar-refractivity contribution in [3.63, 3.8) is 0 Å². The zero-order valence-electron chi connectivity index (χ0n) is 13.3. The fourth-order valence-corrected chi connectivity index (χ4v) is 3.92. The molecule has 0 saturated heterocycles. The Bertz CT molecular complexity index is 471. The molecule has 21 heavy (non-hydrogen) atoms.